The Hall–Kier alpha value is -5.86. The maximum atomic E-state index is 14.0. The third kappa shape index (κ3) is 8.25. The first kappa shape index (κ1) is 41.5. The highest BCUT2D eigenvalue weighted by molar-refractivity contribution is 8.76. The number of amides is 2. The van der Waals surface area contributed by atoms with Crippen molar-refractivity contribution in [1.29, 1.82) is 0 Å². The van der Waals surface area contributed by atoms with Crippen molar-refractivity contribution in [2.24, 2.45) is 4.99 Å². The molecular formula is C48H49N5O7S2. The van der Waals surface area contributed by atoms with Crippen LogP contribution in [0.3, 0.4) is 0 Å². The Morgan fingerprint density at radius 2 is 1.39 bits per heavy atom. The molecule has 14 heteroatoms. The van der Waals surface area contributed by atoms with Crippen LogP contribution in [-0.4, -0.2) is 73.5 Å². The second kappa shape index (κ2) is 17.5. The average Bonchev–Trinajstić information content (AvgIpc) is 3.77. The molecule has 0 aliphatic carbocycles. The fourth-order valence-corrected chi connectivity index (χ4v) is 11.0. The van der Waals surface area contributed by atoms with Crippen LogP contribution in [0.5, 0.6) is 28.7 Å². The van der Waals surface area contributed by atoms with Gasteiger partial charge in [0.15, 0.2) is 23.0 Å². The molecule has 9 rings (SSSR count). The van der Waals surface area contributed by atoms with Crippen LogP contribution in [0, 0.1) is 0 Å². The first-order chi connectivity index (χ1) is 30.1. The van der Waals surface area contributed by atoms with Gasteiger partial charge in [0, 0.05) is 59.6 Å². The van der Waals surface area contributed by atoms with Gasteiger partial charge < -0.3 is 33.9 Å². The number of methoxy groups -OCH3 is 2. The van der Waals surface area contributed by atoms with Gasteiger partial charge in [-0.05, 0) is 74.8 Å². The molecule has 0 fully saturated rings. The number of nitrogens with one attached hydrogen (secondary N) is 1. The zero-order chi connectivity index (χ0) is 43.0. The van der Waals surface area contributed by atoms with Gasteiger partial charge in [0.05, 0.1) is 66.8 Å². The number of nitrogens with zero attached hydrogens (tertiary/aromatic N) is 4. The Morgan fingerprint density at radius 3 is 2.08 bits per heavy atom. The molecule has 0 unspecified atom stereocenters. The van der Waals surface area contributed by atoms with E-state index in [1.165, 1.54) is 5.56 Å². The molecule has 320 valence electrons. The van der Waals surface area contributed by atoms with Gasteiger partial charge in [-0.15, -0.1) is 0 Å². The minimum Gasteiger partial charge on any atom is -0.493 e. The summed E-state index contributed by atoms with van der Waals surface area (Å²) in [6.45, 7) is 5.78. The highest BCUT2D eigenvalue weighted by Crippen LogP contribution is 2.43. The summed E-state index contributed by atoms with van der Waals surface area (Å²) in [4.78, 5) is 41.4. The van der Waals surface area contributed by atoms with E-state index in [4.69, 9.17) is 33.7 Å². The molecule has 1 N–H and O–H groups in total. The van der Waals surface area contributed by atoms with E-state index in [0.29, 0.717) is 82.2 Å². The Morgan fingerprint density at radius 1 is 0.758 bits per heavy atom. The molecule has 1 aromatic heterocycles. The second-order valence-electron chi connectivity index (χ2n) is 16.3. The normalized spacial score (nSPS) is 17.1. The number of benzene rings is 4. The van der Waals surface area contributed by atoms with Crippen molar-refractivity contribution in [3.8, 4) is 28.7 Å². The fourth-order valence-electron chi connectivity index (χ4n) is 8.71. The van der Waals surface area contributed by atoms with Gasteiger partial charge in [0.2, 0.25) is 0 Å². The lowest BCUT2D eigenvalue weighted by molar-refractivity contribution is 0.0976. The largest absolute Gasteiger partial charge is 0.493 e. The smallest absolute Gasteiger partial charge is 0.261 e. The van der Waals surface area contributed by atoms with E-state index < -0.39 is 0 Å². The maximum absolute atomic E-state index is 14.0. The second-order valence-corrected chi connectivity index (χ2v) is 19.4. The molecule has 62 heavy (non-hydrogen) atoms. The van der Waals surface area contributed by atoms with E-state index in [1.807, 2.05) is 81.4 Å². The molecule has 2 atom stereocenters. The number of carbonyl (C=O) groups is 2. The minimum absolute atomic E-state index is 0.00228. The van der Waals surface area contributed by atoms with Gasteiger partial charge in [-0.25, -0.2) is 0 Å². The first-order valence-electron chi connectivity index (χ1n) is 20.8. The van der Waals surface area contributed by atoms with Crippen molar-refractivity contribution in [2.45, 2.75) is 69.6 Å². The molecule has 0 spiro atoms. The van der Waals surface area contributed by atoms with Crippen LogP contribution in [-0.2, 0) is 26.1 Å². The summed E-state index contributed by atoms with van der Waals surface area (Å²) in [6.07, 6.45) is 7.29. The van der Waals surface area contributed by atoms with E-state index in [-0.39, 0.29) is 41.9 Å². The maximum Gasteiger partial charge on any atom is 0.261 e. The van der Waals surface area contributed by atoms with E-state index in [0.717, 1.165) is 36.2 Å². The third-order valence-electron chi connectivity index (χ3n) is 11.6. The average molecular weight is 872 g/mol. The molecular weight excluding hydrogens is 823 g/mol. The molecule has 0 radical (unpaired) electrons. The summed E-state index contributed by atoms with van der Waals surface area (Å²) >= 11 is 0. The zero-order valence-electron chi connectivity index (χ0n) is 35.4. The molecule has 0 saturated heterocycles. The Balaban J connectivity index is 0.954. The van der Waals surface area contributed by atoms with Gasteiger partial charge in [0.25, 0.3) is 11.8 Å². The Bertz CT molecular complexity index is 2570. The van der Waals surface area contributed by atoms with Crippen molar-refractivity contribution >= 4 is 62.4 Å². The number of aliphatic imine (C=N–C) groups is 1. The number of para-hydroxylation sites is 2. The number of aromatic nitrogens is 1. The zero-order valence-corrected chi connectivity index (χ0v) is 37.1. The van der Waals surface area contributed by atoms with Gasteiger partial charge in [0.1, 0.15) is 19.0 Å². The molecule has 0 bridgehead atoms. The summed E-state index contributed by atoms with van der Waals surface area (Å²) < 4.78 is 30.9. The van der Waals surface area contributed by atoms with Crippen molar-refractivity contribution in [3.63, 3.8) is 0 Å². The SMILES string of the molecule is COc1cc2c(cc1OCc1cc(OCCCC(C)(C)SSC)cc(COc3cc4c(cc3OC)C(=O)N3c5ccccc5C[C@H]3CN4)n1)N=C[C@@H]1Cc3ccccc3N1C2=O. The number of ether oxygens (including phenoxy) is 5. The van der Waals surface area contributed by atoms with Crippen LogP contribution in [0.2, 0.25) is 0 Å². The summed E-state index contributed by atoms with van der Waals surface area (Å²) in [5, 5.41) is 3.50. The molecule has 12 nitrogen and oxygen atoms in total. The van der Waals surface area contributed by atoms with Gasteiger partial charge >= 0.3 is 0 Å². The van der Waals surface area contributed by atoms with Crippen molar-refractivity contribution in [1.82, 2.24) is 4.98 Å². The lowest BCUT2D eigenvalue weighted by Gasteiger charge is -2.22. The number of anilines is 3. The van der Waals surface area contributed by atoms with Crippen molar-refractivity contribution < 1.29 is 33.3 Å². The summed E-state index contributed by atoms with van der Waals surface area (Å²) in [6, 6.07) is 26.6. The number of rotatable bonds is 15. The van der Waals surface area contributed by atoms with Crippen LogP contribution in [0.15, 0.2) is 89.9 Å². The van der Waals surface area contributed by atoms with Crippen LogP contribution in [0.25, 0.3) is 0 Å². The quantitative estimate of drug-likeness (QED) is 0.0800. The highest BCUT2D eigenvalue weighted by Gasteiger charge is 2.39. The topological polar surface area (TPSA) is 124 Å². The van der Waals surface area contributed by atoms with Gasteiger partial charge in [-0.2, -0.15) is 0 Å². The van der Waals surface area contributed by atoms with Crippen LogP contribution in [0.4, 0.5) is 22.7 Å². The van der Waals surface area contributed by atoms with E-state index >= 15 is 0 Å². The van der Waals surface area contributed by atoms with Crippen LogP contribution >= 0.6 is 21.6 Å². The highest BCUT2D eigenvalue weighted by atomic mass is 33.1. The van der Waals surface area contributed by atoms with Crippen molar-refractivity contribution in [3.05, 3.63) is 119 Å². The Labute approximate surface area is 369 Å². The summed E-state index contributed by atoms with van der Waals surface area (Å²) in [5.41, 5.74) is 7.51. The lowest BCUT2D eigenvalue weighted by atomic mass is 10.1. The molecule has 4 aliphatic heterocycles. The van der Waals surface area contributed by atoms with Crippen LogP contribution < -0.4 is 38.8 Å². The summed E-state index contributed by atoms with van der Waals surface area (Å²) in [5.74, 6) is 2.18. The third-order valence-corrected chi connectivity index (χ3v) is 14.3. The van der Waals surface area contributed by atoms with Gasteiger partial charge in [-0.1, -0.05) is 58.0 Å². The molecule has 5 aromatic rings. The van der Waals surface area contributed by atoms with Gasteiger partial charge in [-0.3, -0.25) is 24.5 Å². The number of pyridine rings is 1. The number of hydrogen-bond donors (Lipinski definition) is 1. The molecule has 5 heterocycles. The fraction of sp³-hybridized carbons (Fsp3) is 0.333. The molecule has 4 aromatic carbocycles. The first-order valence-corrected chi connectivity index (χ1v) is 23.3. The predicted octanol–water partition coefficient (Wildman–Crippen LogP) is 9.49. The minimum atomic E-state index is -0.175. The number of carbonyl (C=O) groups excluding carboxylic acids is 2. The monoisotopic (exact) mass is 871 g/mol. The molecule has 2 amide bonds. The van der Waals surface area contributed by atoms with Crippen molar-refractivity contribution in [2.75, 3.05) is 48.7 Å². The number of hydrogen-bond acceptors (Lipinski definition) is 12. The number of fused-ring (bicyclic) bond motifs is 8. The summed E-state index contributed by atoms with van der Waals surface area (Å²) in [7, 11) is 6.76. The predicted molar refractivity (Wildman–Crippen MR) is 247 cm³/mol. The lowest BCUT2D eigenvalue weighted by Crippen LogP contribution is -2.39. The van der Waals surface area contributed by atoms with E-state index in [9.17, 15) is 9.59 Å². The molecule has 4 aliphatic rings. The van der Waals surface area contributed by atoms with Crippen LogP contribution in [0.1, 0.15) is 69.9 Å². The standard InChI is InChI=1S/C48H49N5O7S2/c1-48(2,62-61-5)15-10-16-58-35-19-31(27-59-44-23-38-36(21-42(44)56-3)46(54)52-33(25-49-38)17-29-11-6-8-13-40(29)52)51-32(20-35)28-60-45-24-39-37(22-43(45)57-4)47(55)53-34(26-50-39)18-30-12-7-9-14-41(30)53/h6-9,11-14,19-25,33-34,50H,10,15-18,26-28H2,1-5H3/t33-,34-/m0/s1. The van der Waals surface area contributed by atoms with E-state index in [2.05, 4.69) is 37.6 Å². The van der Waals surface area contributed by atoms with E-state index in [1.54, 1.807) is 43.2 Å². The molecule has 0 saturated carbocycles. The Kier molecular flexibility index (Phi) is 11.7.